The van der Waals surface area contributed by atoms with Crippen LogP contribution in [-0.2, 0) is 0 Å². The molecule has 0 saturated carbocycles. The lowest BCUT2D eigenvalue weighted by Gasteiger charge is -2.05. The molecule has 1 aliphatic heterocycles. The molecule has 4 nitrogen and oxygen atoms in total. The van der Waals surface area contributed by atoms with Gasteiger partial charge in [0.2, 0.25) is 0 Å². The van der Waals surface area contributed by atoms with Crippen LogP contribution in [0.15, 0.2) is 71.8 Å². The lowest BCUT2D eigenvalue weighted by Crippen LogP contribution is -2.23. The SMILES string of the molecule is O=C1c2ccccc2C(=O)N1/N=C\c1ccc2ccccc2c1. The molecule has 110 valence electrons. The van der Waals surface area contributed by atoms with Crippen molar-refractivity contribution >= 4 is 28.8 Å². The molecule has 0 radical (unpaired) electrons. The van der Waals surface area contributed by atoms with Gasteiger partial charge in [-0.25, -0.2) is 0 Å². The Hall–Kier alpha value is -3.27. The first kappa shape index (κ1) is 13.4. The largest absolute Gasteiger partial charge is 0.282 e. The number of carbonyl (C=O) groups is 2. The van der Waals surface area contributed by atoms with E-state index in [-0.39, 0.29) is 11.8 Å². The van der Waals surface area contributed by atoms with Crippen molar-refractivity contribution in [3.63, 3.8) is 0 Å². The third-order valence-electron chi connectivity index (χ3n) is 3.87. The number of imide groups is 1. The highest BCUT2D eigenvalue weighted by molar-refractivity contribution is 6.21. The molecule has 0 N–H and O–H groups in total. The van der Waals surface area contributed by atoms with Crippen molar-refractivity contribution in [2.45, 2.75) is 0 Å². The van der Waals surface area contributed by atoms with Gasteiger partial charge in [-0.05, 0) is 34.5 Å². The van der Waals surface area contributed by atoms with E-state index in [1.807, 2.05) is 42.5 Å². The van der Waals surface area contributed by atoms with Crippen LogP contribution in [0.3, 0.4) is 0 Å². The van der Waals surface area contributed by atoms with E-state index in [9.17, 15) is 9.59 Å². The van der Waals surface area contributed by atoms with E-state index in [1.54, 1.807) is 24.3 Å². The van der Waals surface area contributed by atoms with Gasteiger partial charge < -0.3 is 0 Å². The van der Waals surface area contributed by atoms with Crippen molar-refractivity contribution in [1.29, 1.82) is 0 Å². The zero-order valence-electron chi connectivity index (χ0n) is 12.1. The number of nitrogens with zero attached hydrogens (tertiary/aromatic N) is 2. The summed E-state index contributed by atoms with van der Waals surface area (Å²) in [6, 6.07) is 20.6. The van der Waals surface area contributed by atoms with Gasteiger partial charge in [0.25, 0.3) is 11.8 Å². The lowest BCUT2D eigenvalue weighted by molar-refractivity contribution is 0.0660. The van der Waals surface area contributed by atoms with Gasteiger partial charge in [-0.1, -0.05) is 48.5 Å². The van der Waals surface area contributed by atoms with Crippen LogP contribution in [-0.4, -0.2) is 23.0 Å². The predicted octanol–water partition coefficient (Wildman–Crippen LogP) is 3.47. The molecule has 0 saturated heterocycles. The first-order valence-corrected chi connectivity index (χ1v) is 7.25. The Labute approximate surface area is 132 Å². The summed E-state index contributed by atoms with van der Waals surface area (Å²) in [6.45, 7) is 0. The number of carbonyl (C=O) groups excluding carboxylic acids is 2. The molecule has 3 aromatic rings. The van der Waals surface area contributed by atoms with E-state index >= 15 is 0 Å². The van der Waals surface area contributed by atoms with Gasteiger partial charge >= 0.3 is 0 Å². The topological polar surface area (TPSA) is 49.7 Å². The fourth-order valence-corrected chi connectivity index (χ4v) is 2.69. The maximum atomic E-state index is 12.2. The minimum Gasteiger partial charge on any atom is -0.267 e. The average molecular weight is 300 g/mol. The summed E-state index contributed by atoms with van der Waals surface area (Å²) in [5.74, 6) is -0.773. The molecule has 1 heterocycles. The minimum atomic E-state index is -0.386. The molecule has 1 aliphatic rings. The number of benzene rings is 3. The number of hydrazone groups is 1. The molecule has 2 amide bonds. The second kappa shape index (κ2) is 5.18. The molecule has 0 atom stereocenters. The standard InChI is InChI=1S/C19H12N2O2/c22-18-16-7-3-4-8-17(16)19(23)21(18)20-12-13-9-10-14-5-1-2-6-15(14)11-13/h1-12H/b20-12-. The first-order chi connectivity index (χ1) is 11.2. The second-order valence-corrected chi connectivity index (χ2v) is 5.32. The fraction of sp³-hybridized carbons (Fsp3) is 0. The molecular formula is C19H12N2O2. The van der Waals surface area contributed by atoms with Crippen molar-refractivity contribution in [1.82, 2.24) is 5.01 Å². The second-order valence-electron chi connectivity index (χ2n) is 5.32. The molecule has 23 heavy (non-hydrogen) atoms. The molecule has 0 spiro atoms. The van der Waals surface area contributed by atoms with Crippen LogP contribution < -0.4 is 0 Å². The van der Waals surface area contributed by atoms with Crippen LogP contribution in [0, 0.1) is 0 Å². The number of amides is 2. The maximum Gasteiger partial charge on any atom is 0.282 e. The van der Waals surface area contributed by atoms with Gasteiger partial charge in [0, 0.05) is 0 Å². The zero-order chi connectivity index (χ0) is 15.8. The van der Waals surface area contributed by atoms with Gasteiger partial charge in [0.05, 0.1) is 17.3 Å². The molecule has 3 aromatic carbocycles. The number of fused-ring (bicyclic) bond motifs is 2. The number of rotatable bonds is 2. The summed E-state index contributed by atoms with van der Waals surface area (Å²) in [6.07, 6.45) is 1.54. The highest BCUT2D eigenvalue weighted by Crippen LogP contribution is 2.22. The molecule has 0 fully saturated rings. The van der Waals surface area contributed by atoms with Crippen LogP contribution in [0.5, 0.6) is 0 Å². The molecule has 4 rings (SSSR count). The monoisotopic (exact) mass is 300 g/mol. The van der Waals surface area contributed by atoms with Crippen LogP contribution in [0.2, 0.25) is 0 Å². The van der Waals surface area contributed by atoms with E-state index in [0.29, 0.717) is 11.1 Å². The highest BCUT2D eigenvalue weighted by Gasteiger charge is 2.35. The normalized spacial score (nSPS) is 14.0. The van der Waals surface area contributed by atoms with E-state index in [4.69, 9.17) is 0 Å². The Balaban J connectivity index is 1.66. The van der Waals surface area contributed by atoms with Crippen molar-refractivity contribution in [2.24, 2.45) is 5.10 Å². The van der Waals surface area contributed by atoms with Crippen LogP contribution in [0.25, 0.3) is 10.8 Å². The Kier molecular flexibility index (Phi) is 3.01. The third-order valence-corrected chi connectivity index (χ3v) is 3.87. The first-order valence-electron chi connectivity index (χ1n) is 7.25. The van der Waals surface area contributed by atoms with E-state index in [2.05, 4.69) is 5.10 Å². The van der Waals surface area contributed by atoms with Crippen LogP contribution in [0.1, 0.15) is 26.3 Å². The molecule has 0 bridgehead atoms. The van der Waals surface area contributed by atoms with Crippen molar-refractivity contribution < 1.29 is 9.59 Å². The molecule has 0 aromatic heterocycles. The van der Waals surface area contributed by atoms with Crippen LogP contribution >= 0.6 is 0 Å². The van der Waals surface area contributed by atoms with Gasteiger partial charge in [0.1, 0.15) is 0 Å². The number of hydrogen-bond acceptors (Lipinski definition) is 3. The number of hydrogen-bond donors (Lipinski definition) is 0. The lowest BCUT2D eigenvalue weighted by atomic mass is 10.1. The average Bonchev–Trinajstić information content (AvgIpc) is 2.84. The Morgan fingerprint density at radius 3 is 2.04 bits per heavy atom. The van der Waals surface area contributed by atoms with Crippen molar-refractivity contribution in [3.8, 4) is 0 Å². The van der Waals surface area contributed by atoms with Crippen molar-refractivity contribution in [2.75, 3.05) is 0 Å². The van der Waals surface area contributed by atoms with Crippen molar-refractivity contribution in [3.05, 3.63) is 83.4 Å². The Morgan fingerprint density at radius 2 is 1.35 bits per heavy atom. The Bertz CT molecular complexity index is 941. The molecule has 0 aliphatic carbocycles. The highest BCUT2D eigenvalue weighted by atomic mass is 16.2. The van der Waals surface area contributed by atoms with Gasteiger partial charge in [-0.3, -0.25) is 9.59 Å². The summed E-state index contributed by atoms with van der Waals surface area (Å²) >= 11 is 0. The molecule has 0 unspecified atom stereocenters. The summed E-state index contributed by atoms with van der Waals surface area (Å²) in [4.78, 5) is 24.5. The Morgan fingerprint density at radius 1 is 0.739 bits per heavy atom. The molecular weight excluding hydrogens is 288 g/mol. The van der Waals surface area contributed by atoms with E-state index < -0.39 is 0 Å². The van der Waals surface area contributed by atoms with Gasteiger partial charge in [-0.15, -0.1) is 0 Å². The summed E-state index contributed by atoms with van der Waals surface area (Å²) in [5.41, 5.74) is 1.63. The smallest absolute Gasteiger partial charge is 0.267 e. The van der Waals surface area contributed by atoms with E-state index in [1.165, 1.54) is 6.21 Å². The fourth-order valence-electron chi connectivity index (χ4n) is 2.69. The zero-order valence-corrected chi connectivity index (χ0v) is 12.1. The third kappa shape index (κ3) is 2.21. The van der Waals surface area contributed by atoms with Crippen LogP contribution in [0.4, 0.5) is 0 Å². The summed E-state index contributed by atoms with van der Waals surface area (Å²) in [5, 5.41) is 7.21. The quantitative estimate of drug-likeness (QED) is 0.537. The van der Waals surface area contributed by atoms with E-state index in [0.717, 1.165) is 21.3 Å². The minimum absolute atomic E-state index is 0.386. The predicted molar refractivity (Wildman–Crippen MR) is 88.5 cm³/mol. The van der Waals surface area contributed by atoms with Gasteiger partial charge in [-0.2, -0.15) is 10.1 Å². The summed E-state index contributed by atoms with van der Waals surface area (Å²) in [7, 11) is 0. The summed E-state index contributed by atoms with van der Waals surface area (Å²) < 4.78 is 0. The van der Waals surface area contributed by atoms with Gasteiger partial charge in [0.15, 0.2) is 0 Å². The molecule has 4 heteroatoms. The maximum absolute atomic E-state index is 12.2.